The Bertz CT molecular complexity index is 4330. The number of hydrogen-bond donors (Lipinski definition) is 3. The smallest absolute Gasteiger partial charge is 0.338 e. The Balaban J connectivity index is 0.000000193. The van der Waals surface area contributed by atoms with E-state index in [0.29, 0.717) is 121 Å². The number of aliphatic imine (C=N–C) groups is 2. The van der Waals surface area contributed by atoms with Gasteiger partial charge in [-0.15, -0.1) is 22.7 Å². The Morgan fingerprint density at radius 2 is 1.08 bits per heavy atom. The number of hydroxylamine groups is 1. The average molecular weight is 1390 g/mol. The molecule has 0 radical (unpaired) electrons. The molecule has 8 heterocycles. The van der Waals surface area contributed by atoms with Gasteiger partial charge in [-0.2, -0.15) is 0 Å². The van der Waals surface area contributed by atoms with Crippen LogP contribution in [-0.4, -0.2) is 208 Å². The molecule has 4 saturated heterocycles. The van der Waals surface area contributed by atoms with Gasteiger partial charge in [-0.25, -0.2) is 51.8 Å². The summed E-state index contributed by atoms with van der Waals surface area (Å²) in [7, 11) is 0.665. The first-order valence-corrected chi connectivity index (χ1v) is 34.0. The van der Waals surface area contributed by atoms with Gasteiger partial charge < -0.3 is 39.7 Å². The van der Waals surface area contributed by atoms with E-state index in [1.807, 2.05) is 20.6 Å². The summed E-state index contributed by atoms with van der Waals surface area (Å²) in [6, 6.07) is 19.0. The molecule has 3 N–H and O–H groups in total. The van der Waals surface area contributed by atoms with E-state index in [2.05, 4.69) is 64.4 Å². The number of amides is 5. The third kappa shape index (κ3) is 15.5. The number of piperazine rings is 2. The van der Waals surface area contributed by atoms with Crippen LogP contribution < -0.4 is 16.1 Å². The Kier molecular flexibility index (Phi) is 21.0. The number of aromatic nitrogens is 2. The molecule has 23 nitrogen and oxygen atoms in total. The van der Waals surface area contributed by atoms with Crippen molar-refractivity contribution in [3.05, 3.63) is 190 Å². The molecule has 492 valence electrons. The summed E-state index contributed by atoms with van der Waals surface area (Å²) >= 11 is 15.7. The molecule has 5 amide bonds. The van der Waals surface area contributed by atoms with Crippen molar-refractivity contribution in [3.63, 3.8) is 0 Å². The zero-order valence-corrected chi connectivity index (χ0v) is 55.4. The largest absolute Gasteiger partial charge is 0.466 e. The normalized spacial score (nSPS) is 19.6. The first-order chi connectivity index (χ1) is 45.8. The lowest BCUT2D eigenvalue weighted by atomic mass is 9.95. The maximum Gasteiger partial charge on any atom is 0.338 e. The van der Waals surface area contributed by atoms with Crippen LogP contribution in [-0.2, 0) is 33.7 Å². The monoisotopic (exact) mass is 1390 g/mol. The Morgan fingerprint density at radius 3 is 1.47 bits per heavy atom. The number of urea groups is 2. The predicted molar refractivity (Wildman–Crippen MR) is 352 cm³/mol. The third-order valence-electron chi connectivity index (χ3n) is 16.3. The summed E-state index contributed by atoms with van der Waals surface area (Å²) < 4.78 is 61.7. The molecule has 6 aliphatic heterocycles. The minimum absolute atomic E-state index is 0.0741. The average Bonchev–Trinajstić information content (AvgIpc) is 1.82. The van der Waals surface area contributed by atoms with Crippen LogP contribution in [0.2, 0.25) is 10.0 Å². The number of halogens is 4. The van der Waals surface area contributed by atoms with Gasteiger partial charge in [-0.3, -0.25) is 29.4 Å². The van der Waals surface area contributed by atoms with Crippen molar-refractivity contribution in [2.45, 2.75) is 29.1 Å². The van der Waals surface area contributed by atoms with Crippen LogP contribution in [0.15, 0.2) is 146 Å². The maximum atomic E-state index is 14.0. The standard InChI is InChI=1S/C33H31ClFN7O5S.C32H30ClFN6O5S2/c1-46-32(44)27-26(37-29(31-36-11-15-48-31)38-28(27)24-10-9-22(35)16-25(24)34)19-40-13-14-42-23(17-40)18-41(33(42)45)12-3-4-20-5-7-21(8-6-20)30(43)39-47-2;1-45-31(41)27-26(36-29(30-35-11-15-46-30)37-28(27)24-10-7-21(34)16-25(24)33)19-38-13-14-40-22(17-38)18-39(32(40)42)12-3-4-20-5-8-23(9-6-20)47(2,43)44/h5-11,15-16,23,28H,12-14,17-19H2,1-2H3,(H,37,38)(H,39,43);5-11,15-16,22,28H,12-14,17-19H2,1-2H3,(H,36,37)/t23-,28-;22-,28-/m00/s1. The first kappa shape index (κ1) is 67.3. The molecule has 0 unspecified atom stereocenters. The van der Waals surface area contributed by atoms with Gasteiger partial charge in [0.2, 0.25) is 0 Å². The summed E-state index contributed by atoms with van der Waals surface area (Å²) in [5, 5.41) is 11.8. The molecule has 6 aliphatic rings. The van der Waals surface area contributed by atoms with Crippen LogP contribution in [0.4, 0.5) is 18.4 Å². The van der Waals surface area contributed by atoms with E-state index in [-0.39, 0.29) is 69.2 Å². The topological polar surface area (TPSA) is 253 Å². The maximum absolute atomic E-state index is 14.0. The molecule has 0 bridgehead atoms. The quantitative estimate of drug-likeness (QED) is 0.0560. The summed E-state index contributed by atoms with van der Waals surface area (Å²) in [5.74, 6) is 10.5. The van der Waals surface area contributed by atoms with E-state index in [9.17, 15) is 41.2 Å². The number of sulfone groups is 1. The lowest BCUT2D eigenvalue weighted by Crippen LogP contribution is -2.53. The number of carbonyl (C=O) groups excluding carboxylic acids is 5. The fraction of sp³-hybridized carbons (Fsp3) is 0.308. The van der Waals surface area contributed by atoms with E-state index < -0.39 is 45.5 Å². The molecular weight excluding hydrogens is 1330 g/mol. The molecule has 95 heavy (non-hydrogen) atoms. The molecule has 4 atom stereocenters. The van der Waals surface area contributed by atoms with Gasteiger partial charge >= 0.3 is 24.0 Å². The van der Waals surface area contributed by atoms with E-state index in [0.717, 1.165) is 11.8 Å². The number of carbonyl (C=O) groups is 5. The number of esters is 2. The third-order valence-corrected chi connectivity index (χ3v) is 19.6. The molecule has 12 rings (SSSR count). The zero-order valence-electron chi connectivity index (χ0n) is 51.5. The predicted octanol–water partition coefficient (Wildman–Crippen LogP) is 6.55. The number of amidine groups is 2. The van der Waals surface area contributed by atoms with Crippen LogP contribution in [0.25, 0.3) is 0 Å². The lowest BCUT2D eigenvalue weighted by Gasteiger charge is -2.38. The number of nitrogens with one attached hydrogen (secondary N) is 3. The number of rotatable bonds is 15. The number of benzene rings is 4. The van der Waals surface area contributed by atoms with E-state index in [4.69, 9.17) is 42.7 Å². The molecule has 4 aromatic carbocycles. The SMILES string of the molecule is COC(=O)C1=C(CN2CCN3C(=O)N(CC#Cc4ccc(S(C)(=O)=O)cc4)C[C@@H]3C2)NC(c2nccs2)=N[C@H]1c1ccc(F)cc1Cl.CONC(=O)c1ccc(C#CCN2C[C@@H]3CN(CC4=C(C(=O)OC)[C@H](c5ccc(F)cc5Cl)N=C(c5nccs5)N4)CCN3C2=O)cc1. The number of thiazole rings is 2. The highest BCUT2D eigenvalue weighted by Gasteiger charge is 2.44. The second-order valence-electron chi connectivity index (χ2n) is 22.4. The highest BCUT2D eigenvalue weighted by molar-refractivity contribution is 7.90. The van der Waals surface area contributed by atoms with Crippen molar-refractivity contribution in [3.8, 4) is 23.7 Å². The molecule has 0 saturated carbocycles. The van der Waals surface area contributed by atoms with E-state index in [1.165, 1.54) is 92.5 Å². The van der Waals surface area contributed by atoms with Crippen LogP contribution in [0, 0.1) is 35.3 Å². The van der Waals surface area contributed by atoms with E-state index in [1.54, 1.807) is 58.6 Å². The van der Waals surface area contributed by atoms with Crippen molar-refractivity contribution >= 4 is 97.3 Å². The lowest BCUT2D eigenvalue weighted by molar-refractivity contribution is -0.137. The first-order valence-electron chi connectivity index (χ1n) is 29.6. The minimum Gasteiger partial charge on any atom is -0.466 e. The van der Waals surface area contributed by atoms with Crippen molar-refractivity contribution in [1.29, 1.82) is 0 Å². The molecule has 30 heteroatoms. The highest BCUT2D eigenvalue weighted by atomic mass is 35.5. The minimum atomic E-state index is -3.29. The second kappa shape index (κ2) is 29.7. The van der Waals surface area contributed by atoms with Crippen molar-refractivity contribution in [1.82, 2.24) is 55.5 Å². The number of fused-ring (bicyclic) bond motifs is 2. The Morgan fingerprint density at radius 1 is 0.642 bits per heavy atom. The van der Waals surface area contributed by atoms with Crippen LogP contribution in [0.5, 0.6) is 0 Å². The molecule has 0 spiro atoms. The highest BCUT2D eigenvalue weighted by Crippen LogP contribution is 2.39. The van der Waals surface area contributed by atoms with Crippen LogP contribution in [0.1, 0.15) is 54.7 Å². The second-order valence-corrected chi connectivity index (χ2v) is 27.0. The molecule has 2 aromatic heterocycles. The summed E-state index contributed by atoms with van der Waals surface area (Å²) in [4.78, 5) is 99.6. The van der Waals surface area contributed by atoms with Crippen molar-refractivity contribution < 1.29 is 55.5 Å². The fourth-order valence-corrected chi connectivity index (χ4v) is 14.1. The van der Waals surface area contributed by atoms with Crippen molar-refractivity contribution in [2.24, 2.45) is 9.98 Å². The Labute approximate surface area is 563 Å². The molecule has 4 fully saturated rings. The van der Waals surface area contributed by atoms with Gasteiger partial charge in [0.15, 0.2) is 31.5 Å². The summed E-state index contributed by atoms with van der Waals surface area (Å²) in [6.45, 7) is 5.34. The fourth-order valence-electron chi connectivity index (χ4n) is 11.7. The number of nitrogens with zero attached hydrogens (tertiary/aromatic N) is 10. The van der Waals surface area contributed by atoms with Gasteiger partial charge in [-0.1, -0.05) is 59.0 Å². The van der Waals surface area contributed by atoms with Crippen molar-refractivity contribution in [2.75, 3.05) is 106 Å². The van der Waals surface area contributed by atoms with Crippen LogP contribution >= 0.6 is 45.9 Å². The van der Waals surface area contributed by atoms with Crippen LogP contribution in [0.3, 0.4) is 0 Å². The van der Waals surface area contributed by atoms with Gasteiger partial charge in [0.05, 0.1) is 62.5 Å². The Hall–Kier alpha value is -9.10. The summed E-state index contributed by atoms with van der Waals surface area (Å²) in [5.41, 5.74) is 6.65. The van der Waals surface area contributed by atoms with Gasteiger partial charge in [0, 0.05) is 144 Å². The molecule has 6 aromatic rings. The van der Waals surface area contributed by atoms with Gasteiger partial charge in [0.25, 0.3) is 5.91 Å². The number of hydrogen-bond acceptors (Lipinski definition) is 20. The van der Waals surface area contributed by atoms with Gasteiger partial charge in [0.1, 0.15) is 23.7 Å². The number of methoxy groups -OCH3 is 2. The number of ether oxygens (including phenoxy) is 2. The summed E-state index contributed by atoms with van der Waals surface area (Å²) in [6.07, 6.45) is 4.47. The zero-order chi connectivity index (χ0) is 67.1. The van der Waals surface area contributed by atoms with E-state index >= 15 is 0 Å². The molecular formula is C65H61Cl2F2N13O10S3. The van der Waals surface area contributed by atoms with Gasteiger partial charge in [-0.05, 0) is 72.8 Å². The molecule has 0 aliphatic carbocycles.